The van der Waals surface area contributed by atoms with Crippen LogP contribution in [0.5, 0.6) is 11.5 Å². The van der Waals surface area contributed by atoms with Gasteiger partial charge in [0.05, 0.1) is 43.3 Å². The van der Waals surface area contributed by atoms with Crippen LogP contribution in [-0.4, -0.2) is 37.1 Å². The van der Waals surface area contributed by atoms with Crippen molar-refractivity contribution in [3.63, 3.8) is 0 Å². The first kappa shape index (κ1) is 34.3. The number of esters is 4. The standard InChI is InChI=1S/C26H24Cl6O8/c1-11(2)5-7-37-23(33)17-19(31)13(27)9-15(29)21(17)39-25(35)26(36)40-22-16(30)10-14(28)20(32)18(22)24(34)38-8-6-12(3)4/h9-12H,5-8H2,1-4H3. The summed E-state index contributed by atoms with van der Waals surface area (Å²) in [6.45, 7) is 7.75. The molecule has 0 radical (unpaired) electrons. The van der Waals surface area contributed by atoms with E-state index in [0.29, 0.717) is 12.8 Å². The summed E-state index contributed by atoms with van der Waals surface area (Å²) in [5.74, 6) is -6.04. The monoisotopic (exact) mass is 674 g/mol. The van der Waals surface area contributed by atoms with Crippen molar-refractivity contribution in [2.45, 2.75) is 40.5 Å². The predicted molar refractivity (Wildman–Crippen MR) is 154 cm³/mol. The van der Waals surface area contributed by atoms with Crippen LogP contribution in [0, 0.1) is 11.8 Å². The lowest BCUT2D eigenvalue weighted by molar-refractivity contribution is -0.156. The van der Waals surface area contributed by atoms with E-state index in [0.717, 1.165) is 12.1 Å². The van der Waals surface area contributed by atoms with Crippen LogP contribution >= 0.6 is 69.6 Å². The minimum absolute atomic E-state index is 0.0261. The minimum atomic E-state index is -1.65. The second kappa shape index (κ2) is 15.3. The molecule has 2 rings (SSSR count). The topological polar surface area (TPSA) is 105 Å². The minimum Gasteiger partial charge on any atom is -0.462 e. The fourth-order valence-corrected chi connectivity index (χ4v) is 4.35. The average Bonchev–Trinajstić information content (AvgIpc) is 2.85. The third-order valence-electron chi connectivity index (χ3n) is 5.07. The molecular formula is C26H24Cl6O8. The van der Waals surface area contributed by atoms with Crippen LogP contribution in [-0.2, 0) is 19.1 Å². The Morgan fingerprint density at radius 1 is 0.600 bits per heavy atom. The molecule has 2 aromatic carbocycles. The Bertz CT molecular complexity index is 1210. The van der Waals surface area contributed by atoms with Crippen LogP contribution in [0.2, 0.25) is 30.1 Å². The summed E-state index contributed by atoms with van der Waals surface area (Å²) in [5.41, 5.74) is -0.961. The molecule has 218 valence electrons. The lowest BCUT2D eigenvalue weighted by Crippen LogP contribution is -2.27. The molecule has 14 heteroatoms. The zero-order valence-electron chi connectivity index (χ0n) is 21.7. The molecule has 0 fully saturated rings. The highest BCUT2D eigenvalue weighted by Crippen LogP contribution is 2.41. The molecule has 0 saturated carbocycles. The number of benzene rings is 2. The molecule has 0 aliphatic rings. The van der Waals surface area contributed by atoms with E-state index in [1.807, 2.05) is 27.7 Å². The molecule has 0 aromatic heterocycles. The summed E-state index contributed by atoms with van der Waals surface area (Å²) in [5, 5.41) is -1.56. The van der Waals surface area contributed by atoms with E-state index >= 15 is 0 Å². The van der Waals surface area contributed by atoms with Gasteiger partial charge in [-0.2, -0.15) is 0 Å². The van der Waals surface area contributed by atoms with Gasteiger partial charge in [0.15, 0.2) is 11.5 Å². The van der Waals surface area contributed by atoms with Crippen LogP contribution < -0.4 is 9.47 Å². The molecule has 8 nitrogen and oxygen atoms in total. The normalized spacial score (nSPS) is 11.0. The summed E-state index contributed by atoms with van der Waals surface area (Å²) in [4.78, 5) is 51.0. The van der Waals surface area contributed by atoms with Gasteiger partial charge in [0.25, 0.3) is 0 Å². The molecule has 0 saturated heterocycles. The van der Waals surface area contributed by atoms with Crippen LogP contribution in [0.1, 0.15) is 61.3 Å². The molecule has 0 atom stereocenters. The van der Waals surface area contributed by atoms with Gasteiger partial charge in [-0.15, -0.1) is 0 Å². The number of hydrogen-bond donors (Lipinski definition) is 0. The van der Waals surface area contributed by atoms with E-state index in [1.165, 1.54) is 0 Å². The van der Waals surface area contributed by atoms with Crippen molar-refractivity contribution in [1.29, 1.82) is 0 Å². The molecule has 0 bridgehead atoms. The molecule has 0 aliphatic carbocycles. The Morgan fingerprint density at radius 2 is 0.925 bits per heavy atom. The zero-order valence-corrected chi connectivity index (χ0v) is 26.2. The highest BCUT2D eigenvalue weighted by atomic mass is 35.5. The van der Waals surface area contributed by atoms with E-state index in [-0.39, 0.29) is 55.2 Å². The van der Waals surface area contributed by atoms with Gasteiger partial charge >= 0.3 is 23.9 Å². The highest BCUT2D eigenvalue weighted by Gasteiger charge is 2.32. The Kier molecular flexibility index (Phi) is 13.1. The zero-order chi connectivity index (χ0) is 30.3. The Balaban J connectivity index is 2.37. The molecule has 0 N–H and O–H groups in total. The van der Waals surface area contributed by atoms with Crippen LogP contribution in [0.15, 0.2) is 12.1 Å². The van der Waals surface area contributed by atoms with Gasteiger partial charge in [-0.05, 0) is 36.8 Å². The molecule has 40 heavy (non-hydrogen) atoms. The summed E-state index contributed by atoms with van der Waals surface area (Å²) in [6, 6.07) is 2.21. The Morgan fingerprint density at radius 3 is 1.23 bits per heavy atom. The van der Waals surface area contributed by atoms with E-state index in [4.69, 9.17) is 88.6 Å². The van der Waals surface area contributed by atoms with Crippen LogP contribution in [0.25, 0.3) is 0 Å². The quantitative estimate of drug-likeness (QED) is 0.107. The predicted octanol–water partition coefficient (Wildman–Crippen LogP) is 8.52. The number of carbonyl (C=O) groups excluding carboxylic acids is 4. The molecule has 2 aromatic rings. The van der Waals surface area contributed by atoms with Gasteiger partial charge in [0.2, 0.25) is 0 Å². The number of rotatable bonds is 10. The summed E-state index contributed by atoms with van der Waals surface area (Å²) >= 11 is 36.7. The first-order valence-electron chi connectivity index (χ1n) is 11.8. The van der Waals surface area contributed by atoms with Gasteiger partial charge in [-0.25, -0.2) is 19.2 Å². The Labute approximate surface area is 261 Å². The number of carbonyl (C=O) groups is 4. The van der Waals surface area contributed by atoms with Crippen molar-refractivity contribution in [1.82, 2.24) is 0 Å². The third-order valence-corrected chi connectivity index (χ3v) is 7.21. The van der Waals surface area contributed by atoms with Crippen molar-refractivity contribution >= 4 is 93.5 Å². The van der Waals surface area contributed by atoms with E-state index in [2.05, 4.69) is 0 Å². The van der Waals surface area contributed by atoms with Gasteiger partial charge in [-0.1, -0.05) is 97.3 Å². The van der Waals surface area contributed by atoms with E-state index in [9.17, 15) is 19.2 Å². The van der Waals surface area contributed by atoms with Gasteiger partial charge in [0, 0.05) is 0 Å². The second-order valence-electron chi connectivity index (χ2n) is 9.13. The smallest absolute Gasteiger partial charge is 0.423 e. The lowest BCUT2D eigenvalue weighted by Gasteiger charge is -2.16. The molecular weight excluding hydrogens is 653 g/mol. The molecule has 0 aliphatic heterocycles. The van der Waals surface area contributed by atoms with E-state index in [1.54, 1.807) is 0 Å². The maximum Gasteiger partial charge on any atom is 0.423 e. The summed E-state index contributed by atoms with van der Waals surface area (Å²) < 4.78 is 20.5. The van der Waals surface area contributed by atoms with Crippen molar-refractivity contribution in [2.75, 3.05) is 13.2 Å². The first-order chi connectivity index (χ1) is 18.6. The van der Waals surface area contributed by atoms with Crippen LogP contribution in [0.4, 0.5) is 0 Å². The van der Waals surface area contributed by atoms with Crippen molar-refractivity contribution < 1.29 is 38.1 Å². The maximum atomic E-state index is 12.7. The fraction of sp³-hybridized carbons (Fsp3) is 0.385. The average molecular weight is 677 g/mol. The highest BCUT2D eigenvalue weighted by molar-refractivity contribution is 6.47. The van der Waals surface area contributed by atoms with Gasteiger partial charge in [0.1, 0.15) is 11.1 Å². The number of ether oxygens (including phenoxy) is 4. The summed E-state index contributed by atoms with van der Waals surface area (Å²) in [6.07, 6.45) is 1.07. The first-order valence-corrected chi connectivity index (χ1v) is 14.1. The largest absolute Gasteiger partial charge is 0.462 e. The molecule has 0 heterocycles. The van der Waals surface area contributed by atoms with Crippen molar-refractivity contribution in [2.24, 2.45) is 11.8 Å². The molecule has 0 unspecified atom stereocenters. The lowest BCUT2D eigenvalue weighted by atomic mass is 10.1. The van der Waals surface area contributed by atoms with Gasteiger partial charge in [-0.3, -0.25) is 0 Å². The molecule has 0 spiro atoms. The van der Waals surface area contributed by atoms with E-state index < -0.39 is 46.5 Å². The SMILES string of the molecule is CC(C)CCOC(=O)c1c(Cl)c(Cl)cc(Cl)c1OC(=O)C(=O)Oc1c(Cl)cc(Cl)c(Cl)c1C(=O)OCCC(C)C. The van der Waals surface area contributed by atoms with Crippen molar-refractivity contribution in [3.8, 4) is 11.5 Å². The number of hydrogen-bond acceptors (Lipinski definition) is 8. The second-order valence-corrected chi connectivity index (χ2v) is 11.5. The fourth-order valence-electron chi connectivity index (χ4n) is 2.91. The summed E-state index contributed by atoms with van der Waals surface area (Å²) in [7, 11) is 0. The third kappa shape index (κ3) is 9.03. The van der Waals surface area contributed by atoms with Gasteiger partial charge < -0.3 is 18.9 Å². The Hall–Kier alpha value is -1.94. The number of halogens is 6. The molecule has 0 amide bonds. The maximum absolute atomic E-state index is 12.7. The van der Waals surface area contributed by atoms with Crippen molar-refractivity contribution in [3.05, 3.63) is 53.4 Å². The van der Waals surface area contributed by atoms with Crippen LogP contribution in [0.3, 0.4) is 0 Å².